The highest BCUT2D eigenvalue weighted by atomic mass is 15.4. The lowest BCUT2D eigenvalue weighted by Gasteiger charge is -2.26. The number of nitrogens with zero attached hydrogens (tertiary/aromatic N) is 3. The van der Waals surface area contributed by atoms with Crippen LogP contribution in [0.3, 0.4) is 0 Å². The first-order valence-corrected chi connectivity index (χ1v) is 4.72. The summed E-state index contributed by atoms with van der Waals surface area (Å²) in [5.41, 5.74) is 0. The summed E-state index contributed by atoms with van der Waals surface area (Å²) in [6.07, 6.45) is 1.30. The van der Waals surface area contributed by atoms with Crippen LogP contribution in [0.2, 0.25) is 6.82 Å². The van der Waals surface area contributed by atoms with E-state index in [1.165, 1.54) is 32.0 Å². The van der Waals surface area contributed by atoms with Crippen LogP contribution in [0.5, 0.6) is 0 Å². The summed E-state index contributed by atoms with van der Waals surface area (Å²) in [5, 5.41) is 0. The van der Waals surface area contributed by atoms with Crippen molar-refractivity contribution in [2.24, 2.45) is 0 Å². The maximum atomic E-state index is 2.48. The molecule has 0 unspecified atom stereocenters. The molecule has 0 N–H and O–H groups in total. The first-order valence-electron chi connectivity index (χ1n) is 4.72. The molecule has 2 heterocycles. The van der Waals surface area contributed by atoms with Crippen molar-refractivity contribution < 1.29 is 4.49 Å². The van der Waals surface area contributed by atoms with E-state index in [-0.39, 0.29) is 0 Å². The Bertz CT molecular complexity index is 214. The van der Waals surface area contributed by atoms with Gasteiger partial charge in [0.1, 0.15) is 0 Å². The molecule has 2 aliphatic rings. The molecule has 1 radical (unpaired) electrons. The van der Waals surface area contributed by atoms with E-state index in [4.69, 9.17) is 0 Å². The van der Waals surface area contributed by atoms with Crippen molar-refractivity contribution in [2.45, 2.75) is 13.2 Å². The fraction of sp³-hybridized carbons (Fsp3) is 0.875. The average molecular weight is 165 g/mol. The van der Waals surface area contributed by atoms with Gasteiger partial charge in [-0.15, -0.1) is 0 Å². The fourth-order valence-corrected chi connectivity index (χ4v) is 2.13. The molecule has 0 bridgehead atoms. The predicted octanol–water partition coefficient (Wildman–Crippen LogP) is -0.327. The van der Waals surface area contributed by atoms with Crippen LogP contribution >= 0.6 is 0 Å². The average Bonchev–Trinajstić information content (AvgIpc) is 2.49. The van der Waals surface area contributed by atoms with Gasteiger partial charge < -0.3 is 4.49 Å². The highest BCUT2D eigenvalue weighted by Crippen LogP contribution is 2.10. The Kier molecular flexibility index (Phi) is 1.99. The van der Waals surface area contributed by atoms with E-state index in [9.17, 15) is 0 Å². The largest absolute Gasteiger partial charge is 0.343 e. The quantitative estimate of drug-likeness (QED) is 0.492. The third-order valence-corrected chi connectivity index (χ3v) is 2.73. The van der Waals surface area contributed by atoms with E-state index < -0.39 is 0 Å². The topological polar surface area (TPSA) is 9.49 Å². The third kappa shape index (κ3) is 1.10. The Morgan fingerprint density at radius 1 is 1.33 bits per heavy atom. The number of hydrogen-bond acceptors (Lipinski definition) is 2. The molecule has 1 saturated heterocycles. The Morgan fingerprint density at radius 3 is 2.92 bits per heavy atom. The Balaban J connectivity index is 2.23. The summed E-state index contributed by atoms with van der Waals surface area (Å²) in [4.78, 5) is 4.83. The molecule has 0 atom stereocenters. The number of guanidine groups is 1. The number of rotatable bonds is 1. The zero-order valence-corrected chi connectivity index (χ0v) is 7.95. The van der Waals surface area contributed by atoms with Crippen LogP contribution in [0, 0.1) is 0 Å². The van der Waals surface area contributed by atoms with Gasteiger partial charge in [0, 0.05) is 6.42 Å². The van der Waals surface area contributed by atoms with Gasteiger partial charge in [0.15, 0.2) is 0 Å². The molecule has 0 aromatic heterocycles. The van der Waals surface area contributed by atoms with E-state index >= 15 is 0 Å². The van der Waals surface area contributed by atoms with Gasteiger partial charge in [0.2, 0.25) is 0 Å². The van der Waals surface area contributed by atoms with Crippen LogP contribution in [0.15, 0.2) is 0 Å². The molecule has 0 spiro atoms. The van der Waals surface area contributed by atoms with Gasteiger partial charge in [-0.2, -0.15) is 0 Å². The molecule has 0 aromatic rings. The molecular weight excluding hydrogens is 149 g/mol. The van der Waals surface area contributed by atoms with Crippen molar-refractivity contribution in [3.63, 3.8) is 0 Å². The van der Waals surface area contributed by atoms with Crippen molar-refractivity contribution in [3.05, 3.63) is 0 Å². The molecular formula is C8H16BN3+. The molecule has 4 heteroatoms. The molecule has 12 heavy (non-hydrogen) atoms. The Hall–Kier alpha value is -0.665. The van der Waals surface area contributed by atoms with Gasteiger partial charge in [-0.05, 0) is 0 Å². The van der Waals surface area contributed by atoms with Crippen molar-refractivity contribution >= 4 is 13.4 Å². The third-order valence-electron chi connectivity index (χ3n) is 2.73. The summed E-state index contributed by atoms with van der Waals surface area (Å²) >= 11 is 0. The molecule has 1 fully saturated rings. The first kappa shape index (κ1) is 7.96. The zero-order chi connectivity index (χ0) is 8.55. The van der Waals surface area contributed by atoms with E-state index in [1.54, 1.807) is 0 Å². The number of fused-ring (bicyclic) bond motifs is 1. The highest BCUT2D eigenvalue weighted by Gasteiger charge is 2.34. The minimum Gasteiger partial charge on any atom is -0.321 e. The second-order valence-electron chi connectivity index (χ2n) is 3.51. The van der Waals surface area contributed by atoms with E-state index in [2.05, 4.69) is 35.6 Å². The molecule has 3 nitrogen and oxygen atoms in total. The van der Waals surface area contributed by atoms with Gasteiger partial charge in [-0.1, -0.05) is 6.82 Å². The second kappa shape index (κ2) is 3.00. The van der Waals surface area contributed by atoms with Crippen molar-refractivity contribution in [1.29, 1.82) is 0 Å². The maximum absolute atomic E-state index is 2.48. The standard InChI is InChI=1S/C8H16BN3/c1-9-12-7-6-11-5-3-4-10(2)8(11)12/h3-7H2,1-2H3/q+1. The summed E-state index contributed by atoms with van der Waals surface area (Å²) in [6, 6.07) is 0. The SMILES string of the molecule is C[B][N+]1=C2N(C)CCCN2CC1. The van der Waals surface area contributed by atoms with Crippen molar-refractivity contribution in [3.8, 4) is 0 Å². The minimum absolute atomic E-state index is 1.16. The lowest BCUT2D eigenvalue weighted by Crippen LogP contribution is -2.48. The van der Waals surface area contributed by atoms with Gasteiger partial charge in [-0.3, -0.25) is 9.80 Å². The molecule has 0 saturated carbocycles. The smallest absolute Gasteiger partial charge is 0.321 e. The summed E-state index contributed by atoms with van der Waals surface area (Å²) in [6.45, 7) is 6.92. The lowest BCUT2D eigenvalue weighted by molar-refractivity contribution is -0.375. The van der Waals surface area contributed by atoms with Crippen LogP contribution in [0.4, 0.5) is 0 Å². The molecule has 65 valence electrons. The van der Waals surface area contributed by atoms with Crippen LogP contribution in [0.1, 0.15) is 6.42 Å². The molecule has 0 aromatic carbocycles. The van der Waals surface area contributed by atoms with Crippen molar-refractivity contribution in [2.75, 3.05) is 33.2 Å². The number of hydrogen-bond donors (Lipinski definition) is 0. The fourth-order valence-electron chi connectivity index (χ4n) is 2.13. The van der Waals surface area contributed by atoms with Crippen LogP contribution in [-0.4, -0.2) is 60.9 Å². The van der Waals surface area contributed by atoms with Gasteiger partial charge in [0.05, 0.1) is 33.2 Å². The van der Waals surface area contributed by atoms with Gasteiger partial charge in [0.25, 0.3) is 0 Å². The highest BCUT2D eigenvalue weighted by molar-refractivity contribution is 6.24. The molecule has 0 amide bonds. The predicted molar refractivity (Wildman–Crippen MR) is 50.6 cm³/mol. The Morgan fingerprint density at radius 2 is 2.17 bits per heavy atom. The van der Waals surface area contributed by atoms with Gasteiger partial charge >= 0.3 is 13.4 Å². The Labute approximate surface area is 74.9 Å². The van der Waals surface area contributed by atoms with Crippen LogP contribution in [0.25, 0.3) is 0 Å². The molecule has 0 aliphatic carbocycles. The van der Waals surface area contributed by atoms with Crippen molar-refractivity contribution in [1.82, 2.24) is 9.80 Å². The normalized spacial score (nSPS) is 23.2. The summed E-state index contributed by atoms with van der Waals surface area (Å²) in [7, 11) is 4.36. The minimum atomic E-state index is 1.16. The van der Waals surface area contributed by atoms with Crippen LogP contribution in [-0.2, 0) is 0 Å². The second-order valence-corrected chi connectivity index (χ2v) is 3.51. The maximum Gasteiger partial charge on any atom is 0.343 e. The van der Waals surface area contributed by atoms with E-state index in [0.29, 0.717) is 0 Å². The molecule has 2 aliphatic heterocycles. The zero-order valence-electron chi connectivity index (χ0n) is 7.95. The van der Waals surface area contributed by atoms with E-state index in [0.717, 1.165) is 6.54 Å². The first-order chi connectivity index (χ1) is 5.83. The summed E-state index contributed by atoms with van der Waals surface area (Å²) in [5.74, 6) is 1.41. The van der Waals surface area contributed by atoms with Gasteiger partial charge in [-0.25, -0.2) is 0 Å². The molecule has 2 rings (SSSR count). The lowest BCUT2D eigenvalue weighted by atomic mass is 9.99. The monoisotopic (exact) mass is 165 g/mol. The summed E-state index contributed by atoms with van der Waals surface area (Å²) < 4.78 is 2.35. The van der Waals surface area contributed by atoms with E-state index in [1.807, 2.05) is 0 Å². The van der Waals surface area contributed by atoms with Crippen LogP contribution < -0.4 is 0 Å².